The normalized spacial score (nSPS) is 16.9. The van der Waals surface area contributed by atoms with Gasteiger partial charge in [-0.2, -0.15) is 5.10 Å². The van der Waals surface area contributed by atoms with Crippen LogP contribution in [0.2, 0.25) is 0 Å². The van der Waals surface area contributed by atoms with Crippen LogP contribution >= 0.6 is 0 Å². The molecule has 126 valence electrons. The molecule has 1 aromatic carbocycles. The van der Waals surface area contributed by atoms with Gasteiger partial charge in [0, 0.05) is 31.0 Å². The van der Waals surface area contributed by atoms with Gasteiger partial charge < -0.3 is 15.5 Å². The Balaban J connectivity index is 1.56. The molecule has 1 aliphatic rings. The maximum atomic E-state index is 13.1. The van der Waals surface area contributed by atoms with Gasteiger partial charge >= 0.3 is 6.03 Å². The monoisotopic (exact) mass is 335 g/mol. The van der Waals surface area contributed by atoms with Crippen LogP contribution in [0, 0.1) is 17.6 Å². The van der Waals surface area contributed by atoms with Gasteiger partial charge in [-0.25, -0.2) is 13.6 Å². The third-order valence-corrected chi connectivity index (χ3v) is 3.73. The number of urea groups is 1. The molecule has 2 heterocycles. The van der Waals surface area contributed by atoms with Crippen molar-refractivity contribution in [1.82, 2.24) is 15.1 Å². The molecule has 9 heteroatoms. The molecule has 1 saturated heterocycles. The third-order valence-electron chi connectivity index (χ3n) is 3.73. The van der Waals surface area contributed by atoms with E-state index in [1.54, 1.807) is 6.20 Å². The van der Waals surface area contributed by atoms with Gasteiger partial charge in [-0.05, 0) is 18.6 Å². The first-order valence-corrected chi connectivity index (χ1v) is 7.33. The van der Waals surface area contributed by atoms with Crippen molar-refractivity contribution in [2.75, 3.05) is 23.7 Å². The first kappa shape index (κ1) is 15.9. The molecule has 1 atom stereocenters. The summed E-state index contributed by atoms with van der Waals surface area (Å²) >= 11 is 0. The summed E-state index contributed by atoms with van der Waals surface area (Å²) in [7, 11) is 0. The molecule has 0 bridgehead atoms. The Hall–Kier alpha value is -2.97. The average Bonchev–Trinajstić information content (AvgIpc) is 3.17. The van der Waals surface area contributed by atoms with E-state index >= 15 is 0 Å². The Morgan fingerprint density at radius 3 is 2.58 bits per heavy atom. The van der Waals surface area contributed by atoms with Crippen LogP contribution in [-0.2, 0) is 4.79 Å². The lowest BCUT2D eigenvalue weighted by atomic mass is 10.1. The molecule has 0 unspecified atom stereocenters. The molecule has 0 spiro atoms. The minimum Gasteiger partial charge on any atom is -0.324 e. The lowest BCUT2D eigenvalue weighted by molar-refractivity contribution is -0.119. The Morgan fingerprint density at radius 1 is 1.17 bits per heavy atom. The summed E-state index contributed by atoms with van der Waals surface area (Å²) in [4.78, 5) is 25.7. The number of nitrogens with one attached hydrogen (secondary N) is 3. The number of H-pyrrole nitrogens is 1. The average molecular weight is 335 g/mol. The molecule has 7 nitrogen and oxygen atoms in total. The van der Waals surface area contributed by atoms with Gasteiger partial charge in [-0.3, -0.25) is 9.89 Å². The largest absolute Gasteiger partial charge is 0.324 e. The zero-order chi connectivity index (χ0) is 17.1. The number of rotatable bonds is 3. The van der Waals surface area contributed by atoms with Crippen LogP contribution < -0.4 is 10.6 Å². The van der Waals surface area contributed by atoms with E-state index in [-0.39, 0.29) is 24.1 Å². The third kappa shape index (κ3) is 3.67. The van der Waals surface area contributed by atoms with Gasteiger partial charge in [0.15, 0.2) is 0 Å². The highest BCUT2D eigenvalue weighted by Gasteiger charge is 2.31. The van der Waals surface area contributed by atoms with Gasteiger partial charge in [0.1, 0.15) is 11.6 Å². The summed E-state index contributed by atoms with van der Waals surface area (Å²) in [6.45, 7) is 0.612. The van der Waals surface area contributed by atoms with Crippen molar-refractivity contribution in [3.05, 3.63) is 42.2 Å². The van der Waals surface area contributed by atoms with Crippen molar-refractivity contribution >= 4 is 23.3 Å². The Bertz CT molecular complexity index is 730. The van der Waals surface area contributed by atoms with Gasteiger partial charge in [-0.15, -0.1) is 0 Å². The van der Waals surface area contributed by atoms with Gasteiger partial charge in [0.05, 0.1) is 17.8 Å². The Morgan fingerprint density at radius 2 is 1.92 bits per heavy atom. The van der Waals surface area contributed by atoms with Crippen molar-refractivity contribution in [3.63, 3.8) is 0 Å². The van der Waals surface area contributed by atoms with E-state index < -0.39 is 17.7 Å². The maximum Gasteiger partial charge on any atom is 0.321 e. The highest BCUT2D eigenvalue weighted by Crippen LogP contribution is 2.20. The van der Waals surface area contributed by atoms with Crippen LogP contribution in [0.3, 0.4) is 0 Å². The number of halogens is 2. The summed E-state index contributed by atoms with van der Waals surface area (Å²) in [6.07, 6.45) is 3.54. The quantitative estimate of drug-likeness (QED) is 0.803. The molecule has 0 radical (unpaired) electrons. The maximum absolute atomic E-state index is 13.1. The molecule has 3 amide bonds. The van der Waals surface area contributed by atoms with E-state index in [0.29, 0.717) is 18.7 Å². The molecule has 1 aliphatic heterocycles. The first-order chi connectivity index (χ1) is 11.5. The zero-order valence-corrected chi connectivity index (χ0v) is 12.6. The molecule has 3 rings (SSSR count). The van der Waals surface area contributed by atoms with E-state index in [9.17, 15) is 18.4 Å². The number of nitrogens with zero attached hydrogens (tertiary/aromatic N) is 2. The second-order valence-electron chi connectivity index (χ2n) is 5.50. The van der Waals surface area contributed by atoms with Crippen LogP contribution in [0.1, 0.15) is 6.42 Å². The fraction of sp³-hybridized carbons (Fsp3) is 0.267. The van der Waals surface area contributed by atoms with E-state index in [0.717, 1.165) is 18.2 Å². The van der Waals surface area contributed by atoms with E-state index in [2.05, 4.69) is 20.8 Å². The van der Waals surface area contributed by atoms with Crippen molar-refractivity contribution < 1.29 is 18.4 Å². The summed E-state index contributed by atoms with van der Waals surface area (Å²) in [5, 5.41) is 11.4. The lowest BCUT2D eigenvalue weighted by Gasteiger charge is -2.17. The topological polar surface area (TPSA) is 90.1 Å². The smallest absolute Gasteiger partial charge is 0.321 e. The van der Waals surface area contributed by atoms with Crippen LogP contribution in [0.25, 0.3) is 0 Å². The number of benzene rings is 1. The summed E-state index contributed by atoms with van der Waals surface area (Å²) in [6, 6.07) is 2.28. The number of carbonyl (C=O) groups excluding carboxylic acids is 2. The number of amides is 3. The van der Waals surface area contributed by atoms with Gasteiger partial charge in [0.2, 0.25) is 5.91 Å². The molecular weight excluding hydrogens is 320 g/mol. The number of hydrogen-bond donors (Lipinski definition) is 3. The van der Waals surface area contributed by atoms with Crippen LogP contribution in [0.5, 0.6) is 0 Å². The van der Waals surface area contributed by atoms with Crippen LogP contribution in [0.15, 0.2) is 30.6 Å². The number of anilines is 2. The lowest BCUT2D eigenvalue weighted by Crippen LogP contribution is -2.34. The number of aromatic amines is 1. The van der Waals surface area contributed by atoms with E-state index in [4.69, 9.17) is 0 Å². The van der Waals surface area contributed by atoms with Crippen molar-refractivity contribution in [1.29, 1.82) is 0 Å². The Labute approximate surface area is 136 Å². The highest BCUT2D eigenvalue weighted by atomic mass is 19.1. The molecule has 2 aromatic rings. The fourth-order valence-corrected chi connectivity index (χ4v) is 2.55. The summed E-state index contributed by atoms with van der Waals surface area (Å²) in [5.41, 5.74) is 0.585. The van der Waals surface area contributed by atoms with Crippen molar-refractivity contribution in [3.8, 4) is 0 Å². The molecular formula is C15H15F2N5O2. The predicted molar refractivity (Wildman–Crippen MR) is 82.3 cm³/mol. The predicted octanol–water partition coefficient (Wildman–Crippen LogP) is 2.18. The zero-order valence-electron chi connectivity index (χ0n) is 12.6. The minimum absolute atomic E-state index is 0.0313. The number of hydrogen-bond acceptors (Lipinski definition) is 3. The van der Waals surface area contributed by atoms with E-state index in [1.165, 1.54) is 11.1 Å². The standard InChI is InChI=1S/C15H15F2N5O2/c16-10-3-11(17)5-12(4-10)21-15(24)22-2-1-9(8-22)14(23)20-13-6-18-19-7-13/h3-7,9H,1-2,8H2,(H,18,19)(H,20,23)(H,21,24)/t9-/m1/s1. The molecule has 24 heavy (non-hydrogen) atoms. The Kier molecular flexibility index (Phi) is 4.41. The molecule has 1 aromatic heterocycles. The fourth-order valence-electron chi connectivity index (χ4n) is 2.55. The second kappa shape index (κ2) is 6.65. The van der Waals surface area contributed by atoms with Gasteiger partial charge in [-0.1, -0.05) is 0 Å². The molecule has 1 fully saturated rings. The SMILES string of the molecule is O=C(Nc1cn[nH]c1)[C@@H]1CCN(C(=O)Nc2cc(F)cc(F)c2)C1. The molecule has 3 N–H and O–H groups in total. The van der Waals surface area contributed by atoms with Crippen molar-refractivity contribution in [2.24, 2.45) is 5.92 Å². The molecule has 0 aliphatic carbocycles. The number of carbonyl (C=O) groups is 2. The van der Waals surface area contributed by atoms with Crippen LogP contribution in [0.4, 0.5) is 25.0 Å². The van der Waals surface area contributed by atoms with Crippen LogP contribution in [-0.4, -0.2) is 40.1 Å². The highest BCUT2D eigenvalue weighted by molar-refractivity contribution is 5.94. The van der Waals surface area contributed by atoms with Gasteiger partial charge in [0.25, 0.3) is 0 Å². The first-order valence-electron chi connectivity index (χ1n) is 7.33. The number of likely N-dealkylation sites (tertiary alicyclic amines) is 1. The van der Waals surface area contributed by atoms with E-state index in [1.807, 2.05) is 0 Å². The summed E-state index contributed by atoms with van der Waals surface area (Å²) in [5.74, 6) is -2.11. The second-order valence-corrected chi connectivity index (χ2v) is 5.50. The summed E-state index contributed by atoms with van der Waals surface area (Å²) < 4.78 is 26.3. The molecule has 0 saturated carbocycles. The van der Waals surface area contributed by atoms with Crippen molar-refractivity contribution in [2.45, 2.75) is 6.42 Å². The minimum atomic E-state index is -0.774. The number of aromatic nitrogens is 2.